The van der Waals surface area contributed by atoms with Gasteiger partial charge in [-0.25, -0.2) is 0 Å². The van der Waals surface area contributed by atoms with E-state index in [1.165, 1.54) is 5.06 Å². The molecular weight excluding hydrogens is 236 g/mol. The lowest BCUT2D eigenvalue weighted by Crippen LogP contribution is -2.31. The number of phenols is 1. The van der Waals surface area contributed by atoms with Gasteiger partial charge in [-0.3, -0.25) is 19.7 Å². The molecule has 0 saturated carbocycles. The molecule has 94 valence electrons. The molecule has 0 aromatic heterocycles. The molecule has 1 aromatic rings. The lowest BCUT2D eigenvalue weighted by Gasteiger charge is -2.21. The Labute approximate surface area is 103 Å². The van der Waals surface area contributed by atoms with Crippen LogP contribution in [0.15, 0.2) is 24.3 Å². The first kappa shape index (κ1) is 11.2. The van der Waals surface area contributed by atoms with Crippen LogP contribution in [0.25, 0.3) is 0 Å². The van der Waals surface area contributed by atoms with E-state index in [2.05, 4.69) is 5.32 Å². The van der Waals surface area contributed by atoms with Gasteiger partial charge in [-0.15, -0.1) is 0 Å². The molecule has 2 aliphatic rings. The van der Waals surface area contributed by atoms with Gasteiger partial charge >= 0.3 is 0 Å². The summed E-state index contributed by atoms with van der Waals surface area (Å²) in [7, 11) is 1.65. The van der Waals surface area contributed by atoms with Crippen molar-refractivity contribution in [2.45, 2.75) is 12.1 Å². The van der Waals surface area contributed by atoms with Crippen LogP contribution >= 0.6 is 0 Å². The van der Waals surface area contributed by atoms with E-state index in [1.54, 1.807) is 31.3 Å². The smallest absolute Gasteiger partial charge is 0.258 e. The molecule has 3 rings (SSSR count). The number of hydrogen-bond acceptors (Lipinski definition) is 5. The maximum atomic E-state index is 11.8. The summed E-state index contributed by atoms with van der Waals surface area (Å²) in [5.41, 5.74) is 0.581. The number of benzene rings is 1. The third-order valence-electron chi connectivity index (χ3n) is 3.40. The molecule has 2 amide bonds. The Morgan fingerprint density at radius 1 is 1.28 bits per heavy atom. The Bertz CT molecular complexity index is 531. The Morgan fingerprint density at radius 3 is 2.72 bits per heavy atom. The van der Waals surface area contributed by atoms with Crippen molar-refractivity contribution in [2.24, 2.45) is 5.92 Å². The van der Waals surface area contributed by atoms with E-state index < -0.39 is 24.0 Å². The van der Waals surface area contributed by atoms with Crippen LogP contribution in [0.2, 0.25) is 0 Å². The minimum absolute atomic E-state index is 0.0887. The molecule has 2 heterocycles. The van der Waals surface area contributed by atoms with Crippen molar-refractivity contribution in [1.82, 2.24) is 10.4 Å². The summed E-state index contributed by atoms with van der Waals surface area (Å²) >= 11 is 0. The molecule has 2 fully saturated rings. The first-order valence-corrected chi connectivity index (χ1v) is 5.62. The monoisotopic (exact) mass is 248 g/mol. The number of rotatable bonds is 1. The average Bonchev–Trinajstić information content (AvgIpc) is 2.79. The quantitative estimate of drug-likeness (QED) is 0.681. The fourth-order valence-corrected chi connectivity index (χ4v) is 2.60. The lowest BCUT2D eigenvalue weighted by molar-refractivity contribution is -0.162. The molecule has 0 radical (unpaired) electrons. The van der Waals surface area contributed by atoms with Crippen molar-refractivity contribution < 1.29 is 19.5 Å². The van der Waals surface area contributed by atoms with Gasteiger partial charge in [-0.1, -0.05) is 18.2 Å². The Balaban J connectivity index is 2.04. The van der Waals surface area contributed by atoms with Crippen LogP contribution in [0.5, 0.6) is 5.75 Å². The predicted octanol–water partition coefficient (Wildman–Crippen LogP) is -0.0485. The van der Waals surface area contributed by atoms with E-state index in [1.807, 2.05) is 0 Å². The van der Waals surface area contributed by atoms with Gasteiger partial charge in [0.05, 0.1) is 12.0 Å². The second-order valence-corrected chi connectivity index (χ2v) is 4.46. The molecular formula is C12H12N2O4. The van der Waals surface area contributed by atoms with E-state index in [0.717, 1.165) is 0 Å². The lowest BCUT2D eigenvalue weighted by atomic mass is 9.90. The Morgan fingerprint density at radius 2 is 2.00 bits per heavy atom. The molecule has 0 aliphatic carbocycles. The van der Waals surface area contributed by atoms with Gasteiger partial charge in [0.2, 0.25) is 5.91 Å². The van der Waals surface area contributed by atoms with E-state index in [0.29, 0.717) is 5.56 Å². The van der Waals surface area contributed by atoms with Gasteiger partial charge in [0.1, 0.15) is 5.75 Å². The number of nitrogens with zero attached hydrogens (tertiary/aromatic N) is 1. The number of hydrogen-bond donors (Lipinski definition) is 2. The van der Waals surface area contributed by atoms with Crippen molar-refractivity contribution in [3.63, 3.8) is 0 Å². The number of phenolic OH excluding ortho intramolecular Hbond substituents is 1. The van der Waals surface area contributed by atoms with Gasteiger partial charge in [-0.2, -0.15) is 5.06 Å². The van der Waals surface area contributed by atoms with Crippen molar-refractivity contribution in [3.8, 4) is 5.75 Å². The number of carbonyl (C=O) groups is 2. The van der Waals surface area contributed by atoms with Gasteiger partial charge in [0, 0.05) is 12.6 Å². The third-order valence-corrected chi connectivity index (χ3v) is 3.40. The Kier molecular flexibility index (Phi) is 2.36. The molecule has 18 heavy (non-hydrogen) atoms. The summed E-state index contributed by atoms with van der Waals surface area (Å²) in [6, 6.07) is 6.28. The van der Waals surface area contributed by atoms with E-state index >= 15 is 0 Å². The predicted molar refractivity (Wildman–Crippen MR) is 60.1 cm³/mol. The topological polar surface area (TPSA) is 78.9 Å². The number of nitrogens with one attached hydrogen (secondary N) is 1. The van der Waals surface area contributed by atoms with Gasteiger partial charge < -0.3 is 5.11 Å². The first-order valence-electron chi connectivity index (χ1n) is 5.62. The third kappa shape index (κ3) is 1.43. The highest BCUT2D eigenvalue weighted by molar-refractivity contribution is 6.07. The zero-order valence-corrected chi connectivity index (χ0v) is 9.66. The van der Waals surface area contributed by atoms with Crippen LogP contribution in [0.4, 0.5) is 0 Å². The summed E-state index contributed by atoms with van der Waals surface area (Å²) in [5, 5.41) is 13.6. The minimum Gasteiger partial charge on any atom is -0.508 e. The van der Waals surface area contributed by atoms with Gasteiger partial charge in [0.25, 0.3) is 5.91 Å². The van der Waals surface area contributed by atoms with Crippen LogP contribution in [-0.2, 0) is 14.4 Å². The number of fused-ring (bicyclic) bond motifs is 1. The van der Waals surface area contributed by atoms with Gasteiger partial charge in [-0.05, 0) is 6.07 Å². The van der Waals surface area contributed by atoms with Crippen LogP contribution in [0.1, 0.15) is 11.6 Å². The maximum Gasteiger partial charge on any atom is 0.258 e. The largest absolute Gasteiger partial charge is 0.508 e. The van der Waals surface area contributed by atoms with Crippen LogP contribution < -0.4 is 5.32 Å². The minimum atomic E-state index is -0.799. The van der Waals surface area contributed by atoms with E-state index in [-0.39, 0.29) is 11.7 Å². The van der Waals surface area contributed by atoms with Crippen molar-refractivity contribution in [2.75, 3.05) is 7.05 Å². The average molecular weight is 248 g/mol. The number of carbonyl (C=O) groups excluding carboxylic acids is 2. The molecule has 2 N–H and O–H groups in total. The molecule has 1 aromatic carbocycles. The number of amides is 2. The molecule has 6 heteroatoms. The number of para-hydroxylation sites is 1. The normalized spacial score (nSPS) is 31.5. The van der Waals surface area contributed by atoms with Crippen molar-refractivity contribution in [1.29, 1.82) is 0 Å². The maximum absolute atomic E-state index is 11.8. The number of imide groups is 1. The summed E-state index contributed by atoms with van der Waals surface area (Å²) in [6.45, 7) is 0. The zero-order valence-electron chi connectivity index (χ0n) is 9.66. The first-order chi connectivity index (χ1) is 8.59. The van der Waals surface area contributed by atoms with Crippen LogP contribution in [0, 0.1) is 5.92 Å². The fourth-order valence-electron chi connectivity index (χ4n) is 2.60. The number of hydroxylamine groups is 2. The fraction of sp³-hybridized carbons (Fsp3) is 0.333. The van der Waals surface area contributed by atoms with Gasteiger partial charge in [0.15, 0.2) is 6.10 Å². The van der Waals surface area contributed by atoms with Crippen LogP contribution in [-0.4, -0.2) is 35.1 Å². The molecule has 2 aliphatic heterocycles. The SMILES string of the molecule is CN1OC2C(=O)NC(=O)C2C1c1ccccc1O. The summed E-state index contributed by atoms with van der Waals surface area (Å²) < 4.78 is 0. The van der Waals surface area contributed by atoms with E-state index in [4.69, 9.17) is 4.84 Å². The highest BCUT2D eigenvalue weighted by Crippen LogP contribution is 2.43. The highest BCUT2D eigenvalue weighted by atomic mass is 16.7. The molecule has 3 atom stereocenters. The summed E-state index contributed by atoms with van der Waals surface area (Å²) in [6.07, 6.45) is -0.799. The Hall–Kier alpha value is -1.92. The molecule has 6 nitrogen and oxygen atoms in total. The highest BCUT2D eigenvalue weighted by Gasteiger charge is 2.55. The van der Waals surface area contributed by atoms with Crippen molar-refractivity contribution in [3.05, 3.63) is 29.8 Å². The van der Waals surface area contributed by atoms with Crippen molar-refractivity contribution >= 4 is 11.8 Å². The summed E-state index contributed by atoms with van der Waals surface area (Å²) in [4.78, 5) is 28.7. The molecule has 3 unspecified atom stereocenters. The second kappa shape index (κ2) is 3.79. The molecule has 0 spiro atoms. The molecule has 0 bridgehead atoms. The number of aromatic hydroxyl groups is 1. The summed E-state index contributed by atoms with van der Waals surface area (Å²) in [5.74, 6) is -1.31. The second-order valence-electron chi connectivity index (χ2n) is 4.46. The zero-order chi connectivity index (χ0) is 12.9. The molecule has 2 saturated heterocycles. The standard InChI is InChI=1S/C12H12N2O4/c1-14-9(6-4-2-3-5-7(6)15)8-10(18-14)12(17)13-11(8)16/h2-5,8-10,15H,1H3,(H,13,16,17). The van der Waals surface area contributed by atoms with E-state index in [9.17, 15) is 14.7 Å². The van der Waals surface area contributed by atoms with Crippen LogP contribution in [0.3, 0.4) is 0 Å².